The quantitative estimate of drug-likeness (QED) is 0.373. The summed E-state index contributed by atoms with van der Waals surface area (Å²) in [5.41, 5.74) is 2.36. The fourth-order valence-electron chi connectivity index (χ4n) is 2.61. The van der Waals surface area contributed by atoms with Crippen LogP contribution in [-0.2, 0) is 4.79 Å². The van der Waals surface area contributed by atoms with Gasteiger partial charge >= 0.3 is 5.97 Å². The van der Waals surface area contributed by atoms with Crippen LogP contribution in [0.4, 0.5) is 0 Å². The van der Waals surface area contributed by atoms with Crippen molar-refractivity contribution in [2.75, 3.05) is 0 Å². The number of benzene rings is 2. The number of thiazole rings is 1. The summed E-state index contributed by atoms with van der Waals surface area (Å²) in [6, 6.07) is 12.9. The molecule has 0 fully saturated rings. The Kier molecular flexibility index (Phi) is 3.89. The molecule has 4 aromatic rings. The van der Waals surface area contributed by atoms with Crippen LogP contribution in [0.2, 0.25) is 0 Å². The number of hydrogen-bond donors (Lipinski definition) is 0. The second-order valence-electron chi connectivity index (χ2n) is 5.42. The maximum Gasteiger partial charge on any atom is 0.308 e. The van der Waals surface area contributed by atoms with Gasteiger partial charge in [-0.15, -0.1) is 0 Å². The van der Waals surface area contributed by atoms with Crippen LogP contribution in [0.3, 0.4) is 0 Å². The van der Waals surface area contributed by atoms with Crippen molar-refractivity contribution in [2.45, 2.75) is 6.92 Å². The molecule has 124 valence electrons. The lowest BCUT2D eigenvalue weighted by atomic mass is 10.2. The molecule has 0 aliphatic rings. The van der Waals surface area contributed by atoms with Crippen molar-refractivity contribution in [1.82, 2.24) is 9.38 Å². The van der Waals surface area contributed by atoms with Gasteiger partial charge in [-0.1, -0.05) is 29.5 Å². The predicted molar refractivity (Wildman–Crippen MR) is 101 cm³/mol. The van der Waals surface area contributed by atoms with Crippen molar-refractivity contribution in [3.63, 3.8) is 0 Å². The summed E-state index contributed by atoms with van der Waals surface area (Å²) >= 11 is 4.73. The molecule has 0 saturated heterocycles. The lowest BCUT2D eigenvalue weighted by Gasteiger charge is -2.04. The number of aromatic nitrogens is 2. The van der Waals surface area contributed by atoms with Gasteiger partial charge in [0.05, 0.1) is 20.0 Å². The van der Waals surface area contributed by atoms with Crippen LogP contribution in [0.5, 0.6) is 5.75 Å². The first-order valence-corrected chi connectivity index (χ1v) is 9.03. The summed E-state index contributed by atoms with van der Waals surface area (Å²) < 4.78 is 7.96. The fraction of sp³-hybridized carbons (Fsp3) is 0.0556. The van der Waals surface area contributed by atoms with Crippen molar-refractivity contribution in [3.8, 4) is 5.75 Å². The molecule has 4 rings (SSSR count). The van der Waals surface area contributed by atoms with E-state index in [1.54, 1.807) is 28.7 Å². The number of hydrogen-bond acceptors (Lipinski definition) is 5. The van der Waals surface area contributed by atoms with E-state index < -0.39 is 0 Å². The molecule has 0 saturated carbocycles. The van der Waals surface area contributed by atoms with E-state index in [9.17, 15) is 9.59 Å². The molecule has 5 nitrogen and oxygen atoms in total. The van der Waals surface area contributed by atoms with Crippen LogP contribution >= 0.6 is 27.3 Å². The van der Waals surface area contributed by atoms with E-state index >= 15 is 0 Å². The molecular formula is C18H11BrN2O3S. The van der Waals surface area contributed by atoms with E-state index in [-0.39, 0.29) is 11.5 Å². The lowest BCUT2D eigenvalue weighted by molar-refractivity contribution is -0.131. The number of para-hydroxylation sites is 2. The van der Waals surface area contributed by atoms with E-state index in [0.29, 0.717) is 19.7 Å². The molecule has 0 radical (unpaired) electrons. The van der Waals surface area contributed by atoms with Crippen LogP contribution < -0.4 is 14.8 Å². The van der Waals surface area contributed by atoms with Gasteiger partial charge in [-0.2, -0.15) is 0 Å². The fourth-order valence-corrected chi connectivity index (χ4v) is 4.07. The summed E-state index contributed by atoms with van der Waals surface area (Å²) in [6.45, 7) is 1.35. The second-order valence-corrected chi connectivity index (χ2v) is 7.28. The van der Waals surface area contributed by atoms with Crippen LogP contribution in [-0.4, -0.2) is 15.4 Å². The number of fused-ring (bicyclic) bond motifs is 3. The summed E-state index contributed by atoms with van der Waals surface area (Å²) in [7, 11) is 0. The first-order valence-electron chi connectivity index (χ1n) is 7.42. The molecule has 0 atom stereocenters. The average Bonchev–Trinajstić information content (AvgIpc) is 3.07. The van der Waals surface area contributed by atoms with Crippen molar-refractivity contribution in [2.24, 2.45) is 0 Å². The van der Waals surface area contributed by atoms with Gasteiger partial charge in [0.15, 0.2) is 4.96 Å². The Balaban J connectivity index is 1.84. The third-order valence-corrected chi connectivity index (χ3v) is 5.24. The highest BCUT2D eigenvalue weighted by atomic mass is 79.9. The Labute approximate surface area is 154 Å². The Hall–Kier alpha value is -2.51. The van der Waals surface area contributed by atoms with Gasteiger partial charge in [-0.25, -0.2) is 9.38 Å². The number of halogens is 1. The maximum atomic E-state index is 12.7. The van der Waals surface area contributed by atoms with Crippen LogP contribution in [0, 0.1) is 0 Å². The van der Waals surface area contributed by atoms with E-state index in [2.05, 4.69) is 20.9 Å². The number of ether oxygens (including phenoxy) is 1. The highest BCUT2D eigenvalue weighted by Gasteiger charge is 2.11. The topological polar surface area (TPSA) is 60.7 Å². The highest BCUT2D eigenvalue weighted by molar-refractivity contribution is 9.10. The number of esters is 1. The smallest absolute Gasteiger partial charge is 0.308 e. The third kappa shape index (κ3) is 2.85. The largest absolute Gasteiger partial charge is 0.426 e. The molecule has 0 spiro atoms. The number of nitrogens with zero attached hydrogens (tertiary/aromatic N) is 2. The molecule has 2 aromatic carbocycles. The van der Waals surface area contributed by atoms with Crippen molar-refractivity contribution in [3.05, 3.63) is 67.4 Å². The summed E-state index contributed by atoms with van der Waals surface area (Å²) in [5, 5.41) is 0. The highest BCUT2D eigenvalue weighted by Crippen LogP contribution is 2.26. The van der Waals surface area contributed by atoms with Gasteiger partial charge in [-0.3, -0.25) is 9.59 Å². The zero-order chi connectivity index (χ0) is 17.6. The average molecular weight is 415 g/mol. The molecule has 25 heavy (non-hydrogen) atoms. The van der Waals surface area contributed by atoms with Gasteiger partial charge in [0.25, 0.3) is 5.56 Å². The van der Waals surface area contributed by atoms with Gasteiger partial charge in [-0.05, 0) is 51.8 Å². The summed E-state index contributed by atoms with van der Waals surface area (Å²) in [5.74, 6) is 0.0598. The lowest BCUT2D eigenvalue weighted by Crippen LogP contribution is -2.22. The normalized spacial score (nSPS) is 12.2. The van der Waals surface area contributed by atoms with Crippen LogP contribution in [0.1, 0.15) is 12.5 Å². The Morgan fingerprint density at radius 2 is 2.08 bits per heavy atom. The number of rotatable bonds is 2. The first kappa shape index (κ1) is 16.0. The molecular weight excluding hydrogens is 404 g/mol. The summed E-state index contributed by atoms with van der Waals surface area (Å²) in [4.78, 5) is 29.0. The molecule has 0 unspecified atom stereocenters. The van der Waals surface area contributed by atoms with Gasteiger partial charge < -0.3 is 4.74 Å². The van der Waals surface area contributed by atoms with Gasteiger partial charge in [0, 0.05) is 6.92 Å². The zero-order valence-corrected chi connectivity index (χ0v) is 15.4. The standard InChI is InChI=1S/C18H11BrN2O3S/c1-10(22)24-15-7-6-11(8-12(15)19)9-16-17(23)21-14-5-3-2-4-13(14)20-18(21)25-16/h2-9H,1H3. The monoisotopic (exact) mass is 414 g/mol. The molecule has 0 aliphatic heterocycles. The van der Waals surface area contributed by atoms with Crippen molar-refractivity contribution >= 4 is 55.3 Å². The predicted octanol–water partition coefficient (Wildman–Crippen LogP) is 3.14. The number of carbonyl (C=O) groups is 1. The SMILES string of the molecule is CC(=O)Oc1ccc(C=c2sc3nc4ccccc4n3c2=O)cc1Br. The maximum absolute atomic E-state index is 12.7. The van der Waals surface area contributed by atoms with Gasteiger partial charge in [0.1, 0.15) is 5.75 Å². The molecule has 0 aliphatic carbocycles. The Bertz CT molecular complexity index is 1240. The molecule has 0 N–H and O–H groups in total. The first-order chi connectivity index (χ1) is 12.0. The van der Waals surface area contributed by atoms with Crippen LogP contribution in [0.25, 0.3) is 22.1 Å². The van der Waals surface area contributed by atoms with Gasteiger partial charge in [0.2, 0.25) is 0 Å². The van der Waals surface area contributed by atoms with Crippen molar-refractivity contribution < 1.29 is 9.53 Å². The van der Waals surface area contributed by atoms with E-state index in [1.807, 2.05) is 24.3 Å². The molecule has 2 aromatic heterocycles. The van der Waals surface area contributed by atoms with E-state index in [1.165, 1.54) is 18.3 Å². The molecule has 0 bridgehead atoms. The Morgan fingerprint density at radius 1 is 1.28 bits per heavy atom. The Morgan fingerprint density at radius 3 is 2.84 bits per heavy atom. The second kappa shape index (κ2) is 6.09. The molecule has 2 heterocycles. The third-order valence-electron chi connectivity index (χ3n) is 3.65. The van der Waals surface area contributed by atoms with Crippen molar-refractivity contribution in [1.29, 1.82) is 0 Å². The minimum absolute atomic E-state index is 0.0890. The minimum Gasteiger partial charge on any atom is -0.426 e. The number of carbonyl (C=O) groups excluding carboxylic acids is 1. The molecule has 7 heteroatoms. The number of imidazole rings is 1. The minimum atomic E-state index is -0.384. The zero-order valence-electron chi connectivity index (χ0n) is 13.0. The van der Waals surface area contributed by atoms with E-state index in [0.717, 1.165) is 16.6 Å². The summed E-state index contributed by atoms with van der Waals surface area (Å²) in [6.07, 6.45) is 1.80. The van der Waals surface area contributed by atoms with Crippen LogP contribution in [0.15, 0.2) is 51.7 Å². The van der Waals surface area contributed by atoms with E-state index in [4.69, 9.17) is 4.74 Å². The molecule has 0 amide bonds.